The summed E-state index contributed by atoms with van der Waals surface area (Å²) in [6.45, 7) is 3.98. The fourth-order valence-corrected chi connectivity index (χ4v) is 1.57. The van der Waals surface area contributed by atoms with Gasteiger partial charge < -0.3 is 21.3 Å². The molecule has 1 unspecified atom stereocenters. The van der Waals surface area contributed by atoms with Gasteiger partial charge >= 0.3 is 0 Å². The average molecular weight is 224 g/mol. The van der Waals surface area contributed by atoms with E-state index in [1.165, 1.54) is 18.2 Å². The van der Waals surface area contributed by atoms with Gasteiger partial charge in [-0.2, -0.15) is 0 Å². The topological polar surface area (TPSA) is 95.6 Å². The van der Waals surface area contributed by atoms with Crippen LogP contribution in [0.5, 0.6) is 11.5 Å². The van der Waals surface area contributed by atoms with Crippen molar-refractivity contribution in [3.63, 3.8) is 0 Å². The standard InChI is InChI=1S/C11H16N2O3/c1-3-13-11(2,10(12)16)7-4-8(14)6-9(15)5-7/h4-6,13-15H,3H2,1-2H3,(H2,12,16). The largest absolute Gasteiger partial charge is 0.508 e. The van der Waals surface area contributed by atoms with Crippen LogP contribution in [0, 0.1) is 0 Å². The van der Waals surface area contributed by atoms with Crippen LogP contribution in [0.15, 0.2) is 18.2 Å². The number of phenolic OH excluding ortho intramolecular Hbond substituents is 2. The van der Waals surface area contributed by atoms with E-state index in [0.29, 0.717) is 12.1 Å². The van der Waals surface area contributed by atoms with Gasteiger partial charge in [-0.25, -0.2) is 0 Å². The average Bonchev–Trinajstić information content (AvgIpc) is 2.16. The Morgan fingerprint density at radius 2 is 1.88 bits per heavy atom. The van der Waals surface area contributed by atoms with E-state index in [4.69, 9.17) is 5.73 Å². The molecule has 5 nitrogen and oxygen atoms in total. The Morgan fingerprint density at radius 3 is 2.25 bits per heavy atom. The molecule has 0 heterocycles. The Labute approximate surface area is 93.9 Å². The first-order valence-electron chi connectivity index (χ1n) is 4.98. The van der Waals surface area contributed by atoms with Crippen LogP contribution in [0.3, 0.4) is 0 Å². The number of primary amides is 1. The van der Waals surface area contributed by atoms with Crippen molar-refractivity contribution in [3.8, 4) is 11.5 Å². The predicted molar refractivity (Wildman–Crippen MR) is 60.0 cm³/mol. The van der Waals surface area contributed by atoms with E-state index in [2.05, 4.69) is 5.32 Å². The van der Waals surface area contributed by atoms with E-state index in [1.54, 1.807) is 6.92 Å². The summed E-state index contributed by atoms with van der Waals surface area (Å²) >= 11 is 0. The van der Waals surface area contributed by atoms with Gasteiger partial charge in [0.15, 0.2) is 0 Å². The van der Waals surface area contributed by atoms with Crippen LogP contribution >= 0.6 is 0 Å². The summed E-state index contributed by atoms with van der Waals surface area (Å²) in [5.74, 6) is -0.792. The molecule has 1 rings (SSSR count). The molecule has 5 N–H and O–H groups in total. The SMILES string of the molecule is CCNC(C)(C(N)=O)c1cc(O)cc(O)c1. The van der Waals surface area contributed by atoms with Crippen molar-refractivity contribution in [2.75, 3.05) is 6.54 Å². The second-order valence-electron chi connectivity index (χ2n) is 3.76. The van der Waals surface area contributed by atoms with Gasteiger partial charge in [0.2, 0.25) is 5.91 Å². The first kappa shape index (κ1) is 12.3. The number of benzene rings is 1. The number of carbonyl (C=O) groups excluding carboxylic acids is 1. The maximum Gasteiger partial charge on any atom is 0.242 e. The summed E-state index contributed by atoms with van der Waals surface area (Å²) in [7, 11) is 0. The van der Waals surface area contributed by atoms with Gasteiger partial charge in [-0.1, -0.05) is 6.92 Å². The Balaban J connectivity index is 3.25. The van der Waals surface area contributed by atoms with Crippen LogP contribution in [-0.4, -0.2) is 22.7 Å². The zero-order valence-electron chi connectivity index (χ0n) is 9.32. The van der Waals surface area contributed by atoms with Crippen LogP contribution in [0.2, 0.25) is 0 Å². The molecule has 16 heavy (non-hydrogen) atoms. The molecule has 1 amide bonds. The summed E-state index contributed by atoms with van der Waals surface area (Å²) in [5, 5.41) is 21.7. The molecule has 0 aliphatic carbocycles. The minimum atomic E-state index is -1.11. The number of nitrogens with two attached hydrogens (primary N) is 1. The van der Waals surface area contributed by atoms with Crippen LogP contribution < -0.4 is 11.1 Å². The number of amides is 1. The van der Waals surface area contributed by atoms with E-state index >= 15 is 0 Å². The number of rotatable bonds is 4. The van der Waals surface area contributed by atoms with Gasteiger partial charge in [-0.05, 0) is 31.2 Å². The van der Waals surface area contributed by atoms with E-state index in [9.17, 15) is 15.0 Å². The summed E-state index contributed by atoms with van der Waals surface area (Å²) in [6.07, 6.45) is 0. The lowest BCUT2D eigenvalue weighted by Crippen LogP contribution is -2.50. The van der Waals surface area contributed by atoms with E-state index in [-0.39, 0.29) is 11.5 Å². The highest BCUT2D eigenvalue weighted by molar-refractivity contribution is 5.86. The monoisotopic (exact) mass is 224 g/mol. The number of nitrogens with one attached hydrogen (secondary N) is 1. The highest BCUT2D eigenvalue weighted by Crippen LogP contribution is 2.28. The van der Waals surface area contributed by atoms with Crippen molar-refractivity contribution in [1.29, 1.82) is 0 Å². The molecule has 1 atom stereocenters. The van der Waals surface area contributed by atoms with Crippen LogP contribution in [0.1, 0.15) is 19.4 Å². The third-order valence-electron chi connectivity index (χ3n) is 2.50. The lowest BCUT2D eigenvalue weighted by Gasteiger charge is -2.27. The zero-order valence-corrected chi connectivity index (χ0v) is 9.32. The molecule has 0 radical (unpaired) electrons. The maximum atomic E-state index is 11.4. The Hall–Kier alpha value is -1.75. The molecule has 0 aromatic heterocycles. The maximum absolute atomic E-state index is 11.4. The molecule has 0 bridgehead atoms. The van der Waals surface area contributed by atoms with Gasteiger partial charge in [0.25, 0.3) is 0 Å². The molecule has 0 aliphatic rings. The molecule has 0 aliphatic heterocycles. The van der Waals surface area contributed by atoms with Crippen molar-refractivity contribution in [3.05, 3.63) is 23.8 Å². The van der Waals surface area contributed by atoms with E-state index in [1.807, 2.05) is 6.92 Å². The molecule has 0 spiro atoms. The Morgan fingerprint density at radius 1 is 1.38 bits per heavy atom. The van der Waals surface area contributed by atoms with Crippen molar-refractivity contribution in [2.45, 2.75) is 19.4 Å². The minimum absolute atomic E-state index is 0.111. The van der Waals surface area contributed by atoms with Crippen molar-refractivity contribution in [1.82, 2.24) is 5.32 Å². The predicted octanol–water partition coefficient (Wildman–Crippen LogP) is 0.408. The van der Waals surface area contributed by atoms with Gasteiger partial charge in [0, 0.05) is 6.07 Å². The summed E-state index contributed by atoms with van der Waals surface area (Å²) in [5.41, 5.74) is 4.65. The molecule has 1 aromatic rings. The number of aromatic hydroxyl groups is 2. The number of hydrogen-bond donors (Lipinski definition) is 4. The fraction of sp³-hybridized carbons (Fsp3) is 0.364. The normalized spacial score (nSPS) is 14.4. The zero-order chi connectivity index (χ0) is 12.3. The van der Waals surface area contributed by atoms with Crippen molar-refractivity contribution in [2.24, 2.45) is 5.73 Å². The minimum Gasteiger partial charge on any atom is -0.508 e. The molecule has 0 fully saturated rings. The second kappa shape index (κ2) is 4.40. The van der Waals surface area contributed by atoms with E-state index in [0.717, 1.165) is 0 Å². The summed E-state index contributed by atoms with van der Waals surface area (Å²) < 4.78 is 0. The lowest BCUT2D eigenvalue weighted by atomic mass is 9.90. The van der Waals surface area contributed by atoms with Gasteiger partial charge in [-0.3, -0.25) is 4.79 Å². The number of hydrogen-bond acceptors (Lipinski definition) is 4. The second-order valence-corrected chi connectivity index (χ2v) is 3.76. The highest BCUT2D eigenvalue weighted by Gasteiger charge is 2.32. The Bertz CT molecular complexity index is 386. The summed E-state index contributed by atoms with van der Waals surface area (Å²) in [6, 6.07) is 3.98. The highest BCUT2D eigenvalue weighted by atomic mass is 16.3. The number of phenols is 2. The third-order valence-corrected chi connectivity index (χ3v) is 2.50. The first-order valence-corrected chi connectivity index (χ1v) is 4.98. The molecule has 5 heteroatoms. The molecule has 1 aromatic carbocycles. The Kier molecular flexibility index (Phi) is 3.39. The quantitative estimate of drug-likeness (QED) is 0.595. The summed E-state index contributed by atoms with van der Waals surface area (Å²) in [4.78, 5) is 11.4. The lowest BCUT2D eigenvalue weighted by molar-refractivity contribution is -0.124. The van der Waals surface area contributed by atoms with Crippen LogP contribution in [-0.2, 0) is 10.3 Å². The fourth-order valence-electron chi connectivity index (χ4n) is 1.57. The van der Waals surface area contributed by atoms with Gasteiger partial charge in [0.1, 0.15) is 17.0 Å². The third kappa shape index (κ3) is 2.25. The smallest absolute Gasteiger partial charge is 0.242 e. The van der Waals surface area contributed by atoms with Gasteiger partial charge in [-0.15, -0.1) is 0 Å². The molecule has 0 saturated carbocycles. The molecular weight excluding hydrogens is 208 g/mol. The van der Waals surface area contributed by atoms with Crippen molar-refractivity contribution >= 4 is 5.91 Å². The van der Waals surface area contributed by atoms with E-state index < -0.39 is 11.4 Å². The van der Waals surface area contributed by atoms with Crippen LogP contribution in [0.25, 0.3) is 0 Å². The number of likely N-dealkylation sites (N-methyl/N-ethyl adjacent to an activating group) is 1. The molecule has 88 valence electrons. The van der Waals surface area contributed by atoms with Gasteiger partial charge in [0.05, 0.1) is 0 Å². The molecular formula is C11H16N2O3. The number of carbonyl (C=O) groups is 1. The molecule has 0 saturated heterocycles. The first-order chi connectivity index (χ1) is 7.40. The van der Waals surface area contributed by atoms with Crippen LogP contribution in [0.4, 0.5) is 0 Å². The van der Waals surface area contributed by atoms with Crippen molar-refractivity contribution < 1.29 is 15.0 Å².